The molecule has 108 valence electrons. The van der Waals surface area contributed by atoms with Crippen LogP contribution in [-0.2, 0) is 0 Å². The fourth-order valence-electron chi connectivity index (χ4n) is 2.25. The third-order valence-electron chi connectivity index (χ3n) is 3.44. The van der Waals surface area contributed by atoms with Gasteiger partial charge in [0.1, 0.15) is 5.82 Å². The molecule has 2 atom stereocenters. The van der Waals surface area contributed by atoms with Crippen molar-refractivity contribution in [3.63, 3.8) is 0 Å². The molecule has 0 bridgehead atoms. The van der Waals surface area contributed by atoms with Gasteiger partial charge < -0.3 is 5.73 Å². The van der Waals surface area contributed by atoms with Gasteiger partial charge in [-0.1, -0.05) is 22.9 Å². The number of nitrogens with two attached hydrogens (primary N) is 1. The maximum Gasteiger partial charge on any atom is 0.128 e. The van der Waals surface area contributed by atoms with Crippen LogP contribution >= 0.6 is 27.7 Å². The maximum atomic E-state index is 14.0. The molecule has 19 heavy (non-hydrogen) atoms. The Hall–Kier alpha value is -0.100. The standard InChI is InChI=1S/C14H22BrFN2S/c1-4-11(9-19-3)18(2)14(8-17)12-7-10(15)5-6-13(12)16/h5-7,11,14H,4,8-9,17H2,1-3H3. The van der Waals surface area contributed by atoms with Crippen LogP contribution in [0.1, 0.15) is 24.9 Å². The average Bonchev–Trinajstić information content (AvgIpc) is 2.40. The van der Waals surface area contributed by atoms with Crippen LogP contribution in [0.5, 0.6) is 0 Å². The molecule has 0 saturated heterocycles. The Bertz CT molecular complexity index is 403. The number of nitrogens with zero attached hydrogens (tertiary/aromatic N) is 1. The highest BCUT2D eigenvalue weighted by Crippen LogP contribution is 2.27. The van der Waals surface area contributed by atoms with Crippen molar-refractivity contribution in [2.45, 2.75) is 25.4 Å². The molecule has 0 radical (unpaired) electrons. The molecule has 0 saturated carbocycles. The Balaban J connectivity index is 3.01. The van der Waals surface area contributed by atoms with Crippen LogP contribution in [0.2, 0.25) is 0 Å². The summed E-state index contributed by atoms with van der Waals surface area (Å²) in [5, 5.41) is 0. The molecule has 2 N–H and O–H groups in total. The van der Waals surface area contributed by atoms with E-state index in [-0.39, 0.29) is 11.9 Å². The largest absolute Gasteiger partial charge is 0.329 e. The molecule has 0 aliphatic rings. The van der Waals surface area contributed by atoms with E-state index in [1.165, 1.54) is 6.07 Å². The number of rotatable bonds is 7. The van der Waals surface area contributed by atoms with E-state index in [4.69, 9.17) is 5.73 Å². The summed E-state index contributed by atoms with van der Waals surface area (Å²) >= 11 is 5.21. The van der Waals surface area contributed by atoms with Crippen LogP contribution in [0.4, 0.5) is 4.39 Å². The molecule has 0 aromatic heterocycles. The number of benzene rings is 1. The minimum atomic E-state index is -0.190. The van der Waals surface area contributed by atoms with Crippen LogP contribution in [0.25, 0.3) is 0 Å². The minimum absolute atomic E-state index is 0.0883. The Morgan fingerprint density at radius 1 is 1.47 bits per heavy atom. The topological polar surface area (TPSA) is 29.3 Å². The highest BCUT2D eigenvalue weighted by molar-refractivity contribution is 9.10. The minimum Gasteiger partial charge on any atom is -0.329 e. The zero-order valence-corrected chi connectivity index (χ0v) is 14.1. The van der Waals surface area contributed by atoms with Crippen LogP contribution < -0.4 is 5.73 Å². The Morgan fingerprint density at radius 2 is 2.16 bits per heavy atom. The summed E-state index contributed by atoms with van der Waals surface area (Å²) in [5.41, 5.74) is 6.55. The van der Waals surface area contributed by atoms with Gasteiger partial charge >= 0.3 is 0 Å². The van der Waals surface area contributed by atoms with Gasteiger partial charge in [0.05, 0.1) is 0 Å². The summed E-state index contributed by atoms with van der Waals surface area (Å²) in [6.45, 7) is 2.57. The molecule has 0 heterocycles. The smallest absolute Gasteiger partial charge is 0.128 e. The van der Waals surface area contributed by atoms with E-state index in [1.54, 1.807) is 6.07 Å². The molecular weight excluding hydrogens is 327 g/mol. The second-order valence-corrected chi connectivity index (χ2v) is 6.43. The van der Waals surface area contributed by atoms with Gasteiger partial charge in [-0.05, 0) is 37.9 Å². The molecule has 5 heteroatoms. The van der Waals surface area contributed by atoms with E-state index < -0.39 is 0 Å². The first kappa shape index (κ1) is 17.0. The van der Waals surface area contributed by atoms with Gasteiger partial charge in [0, 0.05) is 34.4 Å². The Kier molecular flexibility index (Phi) is 7.36. The van der Waals surface area contributed by atoms with E-state index in [0.29, 0.717) is 18.2 Å². The zero-order chi connectivity index (χ0) is 14.4. The lowest BCUT2D eigenvalue weighted by Crippen LogP contribution is -2.40. The van der Waals surface area contributed by atoms with Crippen molar-refractivity contribution in [2.24, 2.45) is 5.73 Å². The normalized spacial score (nSPS) is 14.7. The number of hydrogen-bond acceptors (Lipinski definition) is 3. The molecular formula is C14H22BrFN2S. The van der Waals surface area contributed by atoms with Crippen LogP contribution in [-0.4, -0.2) is 36.5 Å². The zero-order valence-electron chi connectivity index (χ0n) is 11.7. The lowest BCUT2D eigenvalue weighted by atomic mass is 10.0. The van der Waals surface area contributed by atoms with Crippen molar-refractivity contribution in [3.05, 3.63) is 34.1 Å². The molecule has 0 spiro atoms. The molecule has 2 unspecified atom stereocenters. The van der Waals surface area contributed by atoms with Gasteiger partial charge in [0.2, 0.25) is 0 Å². The Labute approximate surface area is 128 Å². The first-order valence-electron chi connectivity index (χ1n) is 6.41. The molecule has 2 nitrogen and oxygen atoms in total. The Morgan fingerprint density at radius 3 is 2.68 bits per heavy atom. The molecule has 1 rings (SSSR count). The molecule has 1 aromatic carbocycles. The molecule has 0 aliphatic carbocycles. The third-order valence-corrected chi connectivity index (χ3v) is 4.65. The summed E-state index contributed by atoms with van der Waals surface area (Å²) in [7, 11) is 2.03. The first-order valence-corrected chi connectivity index (χ1v) is 8.59. The number of halogens is 2. The summed E-state index contributed by atoms with van der Waals surface area (Å²) in [6.07, 6.45) is 3.12. The monoisotopic (exact) mass is 348 g/mol. The number of thioether (sulfide) groups is 1. The lowest BCUT2D eigenvalue weighted by molar-refractivity contribution is 0.184. The van der Waals surface area contributed by atoms with E-state index in [2.05, 4.69) is 34.0 Å². The summed E-state index contributed by atoms with van der Waals surface area (Å²) in [4.78, 5) is 2.20. The first-order chi connectivity index (χ1) is 9.04. The van der Waals surface area contributed by atoms with Crippen LogP contribution in [0.3, 0.4) is 0 Å². The molecule has 0 amide bonds. The summed E-state index contributed by atoms with van der Waals surface area (Å²) in [5.74, 6) is 0.837. The molecule has 0 fully saturated rings. The second kappa shape index (κ2) is 8.25. The van der Waals surface area contributed by atoms with Crippen molar-refractivity contribution in [1.82, 2.24) is 4.90 Å². The predicted molar refractivity (Wildman–Crippen MR) is 86.1 cm³/mol. The third kappa shape index (κ3) is 4.45. The predicted octanol–water partition coefficient (Wildman–Crippen LogP) is 3.66. The number of likely N-dealkylation sites (N-methyl/N-ethyl adjacent to an activating group) is 1. The van der Waals surface area contributed by atoms with Crippen LogP contribution in [0.15, 0.2) is 22.7 Å². The van der Waals surface area contributed by atoms with Crippen LogP contribution in [0, 0.1) is 5.82 Å². The lowest BCUT2D eigenvalue weighted by Gasteiger charge is -2.34. The fourth-order valence-corrected chi connectivity index (χ4v) is 3.49. The van der Waals surface area contributed by atoms with Gasteiger partial charge in [-0.15, -0.1) is 0 Å². The van der Waals surface area contributed by atoms with Gasteiger partial charge in [0.25, 0.3) is 0 Å². The van der Waals surface area contributed by atoms with E-state index >= 15 is 0 Å². The summed E-state index contributed by atoms with van der Waals surface area (Å²) < 4.78 is 14.9. The van der Waals surface area contributed by atoms with Crippen molar-refractivity contribution in [2.75, 3.05) is 25.6 Å². The van der Waals surface area contributed by atoms with Crippen molar-refractivity contribution in [3.8, 4) is 0 Å². The number of hydrogen-bond donors (Lipinski definition) is 1. The second-order valence-electron chi connectivity index (χ2n) is 4.60. The van der Waals surface area contributed by atoms with E-state index in [1.807, 2.05) is 24.9 Å². The molecule has 1 aromatic rings. The highest BCUT2D eigenvalue weighted by Gasteiger charge is 2.24. The van der Waals surface area contributed by atoms with Gasteiger partial charge in [-0.3, -0.25) is 4.90 Å². The molecule has 0 aliphatic heterocycles. The fraction of sp³-hybridized carbons (Fsp3) is 0.571. The van der Waals surface area contributed by atoms with Crippen molar-refractivity contribution in [1.29, 1.82) is 0 Å². The maximum absolute atomic E-state index is 14.0. The van der Waals surface area contributed by atoms with Crippen molar-refractivity contribution < 1.29 is 4.39 Å². The van der Waals surface area contributed by atoms with Gasteiger partial charge in [-0.25, -0.2) is 4.39 Å². The van der Waals surface area contributed by atoms with Gasteiger partial charge in [-0.2, -0.15) is 11.8 Å². The SMILES string of the molecule is CCC(CSC)N(C)C(CN)c1cc(Br)ccc1F. The van der Waals surface area contributed by atoms with Gasteiger partial charge in [0.15, 0.2) is 0 Å². The van der Waals surface area contributed by atoms with Crippen molar-refractivity contribution >= 4 is 27.7 Å². The van der Waals surface area contributed by atoms with E-state index in [0.717, 1.165) is 16.6 Å². The van der Waals surface area contributed by atoms with E-state index in [9.17, 15) is 4.39 Å². The highest BCUT2D eigenvalue weighted by atomic mass is 79.9. The average molecular weight is 349 g/mol. The summed E-state index contributed by atoms with van der Waals surface area (Å²) in [6, 6.07) is 5.35. The quantitative estimate of drug-likeness (QED) is 0.815.